The maximum Gasteiger partial charge on any atom is 0.177 e. The van der Waals surface area contributed by atoms with Crippen molar-refractivity contribution in [2.75, 3.05) is 0 Å². The zero-order valence-electron chi connectivity index (χ0n) is 14.3. The molecule has 0 aliphatic rings. The fourth-order valence-electron chi connectivity index (χ4n) is 3.18. The highest BCUT2D eigenvalue weighted by molar-refractivity contribution is 5.79. The van der Waals surface area contributed by atoms with E-state index < -0.39 is 0 Å². The third-order valence-electron chi connectivity index (χ3n) is 4.37. The summed E-state index contributed by atoms with van der Waals surface area (Å²) in [4.78, 5) is 8.93. The number of rotatable bonds is 6. The van der Waals surface area contributed by atoms with Crippen LogP contribution in [-0.2, 0) is 13.1 Å². The number of hydrogen-bond acceptors (Lipinski definition) is 3. The molecular weight excluding hydrogens is 310 g/mol. The lowest BCUT2D eigenvalue weighted by Gasteiger charge is -2.07. The normalized spacial score (nSPS) is 11.2. The summed E-state index contributed by atoms with van der Waals surface area (Å²) >= 11 is 0. The molecule has 0 aliphatic heterocycles. The van der Waals surface area contributed by atoms with Crippen LogP contribution in [-0.4, -0.2) is 24.3 Å². The van der Waals surface area contributed by atoms with E-state index in [9.17, 15) is 0 Å². The van der Waals surface area contributed by atoms with Crippen molar-refractivity contribution < 1.29 is 0 Å². The van der Waals surface area contributed by atoms with Crippen molar-refractivity contribution in [2.24, 2.45) is 0 Å². The average Bonchev–Trinajstić information content (AvgIpc) is 3.23. The van der Waals surface area contributed by atoms with Crippen molar-refractivity contribution in [1.29, 1.82) is 0 Å². The number of unbranched alkanes of at least 4 members (excludes halogenated alkanes) is 1. The van der Waals surface area contributed by atoms with Gasteiger partial charge in [0.2, 0.25) is 0 Å². The first-order valence-corrected chi connectivity index (χ1v) is 8.68. The van der Waals surface area contributed by atoms with Gasteiger partial charge >= 0.3 is 0 Å². The molecule has 4 aromatic rings. The number of aromatic nitrogens is 5. The van der Waals surface area contributed by atoms with Gasteiger partial charge in [0.25, 0.3) is 0 Å². The van der Waals surface area contributed by atoms with Crippen LogP contribution >= 0.6 is 0 Å². The van der Waals surface area contributed by atoms with Crippen molar-refractivity contribution in [1.82, 2.24) is 24.3 Å². The van der Waals surface area contributed by atoms with Gasteiger partial charge in [0.1, 0.15) is 11.5 Å². The standard InChI is InChI=1S/C20H21N5/c1-16-22-20(18-9-4-5-12-21-18)25(23-16)14-7-6-13-24-15-11-17-8-2-3-10-19(17)24/h2-5,8-12,15H,6-7,13-14H2,1H3. The topological polar surface area (TPSA) is 48.5 Å². The summed E-state index contributed by atoms with van der Waals surface area (Å²) in [6, 6.07) is 16.6. The lowest BCUT2D eigenvalue weighted by Crippen LogP contribution is -2.05. The summed E-state index contributed by atoms with van der Waals surface area (Å²) in [5.74, 6) is 1.64. The fourth-order valence-corrected chi connectivity index (χ4v) is 3.18. The first kappa shape index (κ1) is 15.6. The van der Waals surface area contributed by atoms with E-state index in [0.717, 1.165) is 43.3 Å². The second-order valence-electron chi connectivity index (χ2n) is 6.20. The molecule has 0 unspecified atom stereocenters. The Balaban J connectivity index is 1.41. The van der Waals surface area contributed by atoms with E-state index in [1.807, 2.05) is 29.8 Å². The van der Waals surface area contributed by atoms with Crippen LogP contribution in [0.15, 0.2) is 60.9 Å². The van der Waals surface area contributed by atoms with Crippen LogP contribution in [0.5, 0.6) is 0 Å². The Morgan fingerprint density at radius 3 is 2.64 bits per heavy atom. The molecule has 0 radical (unpaired) electrons. The highest BCUT2D eigenvalue weighted by atomic mass is 15.3. The molecule has 0 aliphatic carbocycles. The molecular formula is C20H21N5. The number of aryl methyl sites for hydroxylation is 3. The van der Waals surface area contributed by atoms with E-state index in [-0.39, 0.29) is 0 Å². The largest absolute Gasteiger partial charge is 0.347 e. The summed E-state index contributed by atoms with van der Waals surface area (Å²) in [5, 5.41) is 5.83. The molecule has 0 fully saturated rings. The third kappa shape index (κ3) is 3.31. The van der Waals surface area contributed by atoms with E-state index >= 15 is 0 Å². The van der Waals surface area contributed by atoms with E-state index in [0.29, 0.717) is 0 Å². The van der Waals surface area contributed by atoms with Crippen LogP contribution in [0.1, 0.15) is 18.7 Å². The minimum absolute atomic E-state index is 0.789. The van der Waals surface area contributed by atoms with Gasteiger partial charge in [0.05, 0.1) is 0 Å². The van der Waals surface area contributed by atoms with Gasteiger partial charge in [-0.3, -0.25) is 4.98 Å². The van der Waals surface area contributed by atoms with Crippen LogP contribution in [0.3, 0.4) is 0 Å². The Morgan fingerprint density at radius 2 is 1.76 bits per heavy atom. The van der Waals surface area contributed by atoms with Crippen LogP contribution in [0.25, 0.3) is 22.4 Å². The number of nitrogens with zero attached hydrogens (tertiary/aromatic N) is 5. The molecule has 0 bridgehead atoms. The molecule has 0 N–H and O–H groups in total. The monoisotopic (exact) mass is 331 g/mol. The second kappa shape index (κ2) is 6.89. The molecule has 4 rings (SSSR count). The van der Waals surface area contributed by atoms with Crippen LogP contribution in [0, 0.1) is 6.92 Å². The first-order valence-electron chi connectivity index (χ1n) is 8.68. The molecule has 0 atom stereocenters. The minimum Gasteiger partial charge on any atom is -0.347 e. The molecule has 3 aromatic heterocycles. The highest BCUT2D eigenvalue weighted by Gasteiger charge is 2.10. The molecule has 0 saturated carbocycles. The molecule has 0 spiro atoms. The van der Waals surface area contributed by atoms with Crippen molar-refractivity contribution in [3.05, 3.63) is 66.7 Å². The minimum atomic E-state index is 0.789. The number of para-hydroxylation sites is 1. The summed E-state index contributed by atoms with van der Waals surface area (Å²) < 4.78 is 4.30. The van der Waals surface area contributed by atoms with Crippen molar-refractivity contribution >= 4 is 10.9 Å². The Hall–Kier alpha value is -2.95. The maximum atomic E-state index is 4.53. The Labute approximate surface area is 147 Å². The van der Waals surface area contributed by atoms with Crippen molar-refractivity contribution in [2.45, 2.75) is 32.9 Å². The molecule has 1 aromatic carbocycles. The van der Waals surface area contributed by atoms with Gasteiger partial charge in [0, 0.05) is 31.0 Å². The molecule has 0 amide bonds. The Morgan fingerprint density at radius 1 is 0.920 bits per heavy atom. The quantitative estimate of drug-likeness (QED) is 0.500. The first-order chi connectivity index (χ1) is 12.3. The fraction of sp³-hybridized carbons (Fsp3) is 0.250. The SMILES string of the molecule is Cc1nc(-c2ccccn2)n(CCCCn2ccc3ccccc32)n1. The molecule has 3 heterocycles. The summed E-state index contributed by atoms with van der Waals surface area (Å²) in [5.41, 5.74) is 2.17. The molecule has 5 heteroatoms. The second-order valence-corrected chi connectivity index (χ2v) is 6.20. The molecule has 126 valence electrons. The van der Waals surface area contributed by atoms with Crippen molar-refractivity contribution in [3.8, 4) is 11.5 Å². The van der Waals surface area contributed by atoms with Crippen LogP contribution in [0.4, 0.5) is 0 Å². The molecule has 5 nitrogen and oxygen atoms in total. The zero-order valence-corrected chi connectivity index (χ0v) is 14.3. The number of hydrogen-bond donors (Lipinski definition) is 0. The van der Waals surface area contributed by atoms with Gasteiger partial charge < -0.3 is 4.57 Å². The third-order valence-corrected chi connectivity index (χ3v) is 4.37. The number of benzene rings is 1. The van der Waals surface area contributed by atoms with E-state index in [4.69, 9.17) is 0 Å². The van der Waals surface area contributed by atoms with E-state index in [1.165, 1.54) is 10.9 Å². The molecule has 25 heavy (non-hydrogen) atoms. The van der Waals surface area contributed by atoms with E-state index in [2.05, 4.69) is 56.2 Å². The van der Waals surface area contributed by atoms with Gasteiger partial charge in [-0.25, -0.2) is 9.67 Å². The maximum absolute atomic E-state index is 4.53. The van der Waals surface area contributed by atoms with Gasteiger partial charge in [-0.1, -0.05) is 24.3 Å². The van der Waals surface area contributed by atoms with Gasteiger partial charge in [-0.2, -0.15) is 5.10 Å². The number of pyridine rings is 1. The Bertz CT molecular complexity index is 968. The van der Waals surface area contributed by atoms with Crippen molar-refractivity contribution in [3.63, 3.8) is 0 Å². The van der Waals surface area contributed by atoms with Gasteiger partial charge in [0.15, 0.2) is 5.82 Å². The predicted molar refractivity (Wildman–Crippen MR) is 99.2 cm³/mol. The average molecular weight is 331 g/mol. The van der Waals surface area contributed by atoms with E-state index in [1.54, 1.807) is 6.20 Å². The predicted octanol–water partition coefficient (Wildman–Crippen LogP) is 4.08. The van der Waals surface area contributed by atoms with Crippen LogP contribution in [0.2, 0.25) is 0 Å². The van der Waals surface area contributed by atoms with Gasteiger partial charge in [-0.15, -0.1) is 0 Å². The lowest BCUT2D eigenvalue weighted by atomic mass is 10.2. The summed E-state index contributed by atoms with van der Waals surface area (Å²) in [6.45, 7) is 3.79. The lowest BCUT2D eigenvalue weighted by molar-refractivity contribution is 0.528. The van der Waals surface area contributed by atoms with Crippen LogP contribution < -0.4 is 0 Å². The molecule has 0 saturated heterocycles. The zero-order chi connectivity index (χ0) is 17.1. The Kier molecular flexibility index (Phi) is 4.29. The smallest absolute Gasteiger partial charge is 0.177 e. The number of fused-ring (bicyclic) bond motifs is 1. The van der Waals surface area contributed by atoms with Gasteiger partial charge in [-0.05, 0) is 49.4 Å². The summed E-state index contributed by atoms with van der Waals surface area (Å²) in [7, 11) is 0. The summed E-state index contributed by atoms with van der Waals surface area (Å²) in [6.07, 6.45) is 6.11. The highest BCUT2D eigenvalue weighted by Crippen LogP contribution is 2.17.